The van der Waals surface area contributed by atoms with E-state index in [4.69, 9.17) is 11.6 Å². The molecule has 1 rings (SSSR count). The lowest BCUT2D eigenvalue weighted by Crippen LogP contribution is -2.44. The number of aromatic nitrogens is 1. The molecule has 0 saturated carbocycles. The molecule has 0 aliphatic rings. The van der Waals surface area contributed by atoms with Crippen LogP contribution in [-0.2, 0) is 6.54 Å². The maximum atomic E-state index is 10.7. The lowest BCUT2D eigenvalue weighted by atomic mass is 10.3. The lowest BCUT2D eigenvalue weighted by Gasteiger charge is -2.29. The highest BCUT2D eigenvalue weighted by Crippen LogP contribution is 2.19. The molecule has 1 atom stereocenters. The molecule has 0 radical (unpaired) electrons. The molecule has 1 unspecified atom stereocenters. The smallest absolute Gasteiger partial charge is 0.274 e. The van der Waals surface area contributed by atoms with Gasteiger partial charge in [-0.25, -0.2) is 15.1 Å². The van der Waals surface area contributed by atoms with E-state index in [1.165, 1.54) is 11.3 Å². The molecule has 1 heterocycles. The zero-order chi connectivity index (χ0) is 15.3. The Morgan fingerprint density at radius 3 is 2.85 bits per heavy atom. The van der Waals surface area contributed by atoms with Gasteiger partial charge in [-0.1, -0.05) is 17.7 Å². The fraction of sp³-hybridized carbons (Fsp3) is 0.455. The van der Waals surface area contributed by atoms with Crippen LogP contribution in [0.2, 0.25) is 4.47 Å². The predicted octanol–water partition coefficient (Wildman–Crippen LogP) is 2.28. The number of thiazole rings is 1. The standard InChI is InChI=1S/C11H16ClN5O2S/c1-5-8(2)16(4)11(14-17(18)19)15(3)7-9-6-13-10(12)20-9/h5-6,8H,1,7H2,2-4H3. The van der Waals surface area contributed by atoms with Crippen molar-refractivity contribution in [2.45, 2.75) is 19.5 Å². The number of hydrogen-bond donors (Lipinski definition) is 0. The number of rotatable bonds is 5. The van der Waals surface area contributed by atoms with Crippen molar-refractivity contribution in [1.29, 1.82) is 0 Å². The number of hydrazone groups is 1. The van der Waals surface area contributed by atoms with Crippen LogP contribution in [0, 0.1) is 10.1 Å². The zero-order valence-electron chi connectivity index (χ0n) is 11.5. The van der Waals surface area contributed by atoms with E-state index in [2.05, 4.69) is 16.7 Å². The van der Waals surface area contributed by atoms with Crippen molar-refractivity contribution >= 4 is 28.9 Å². The summed E-state index contributed by atoms with van der Waals surface area (Å²) < 4.78 is 0.439. The van der Waals surface area contributed by atoms with Gasteiger partial charge in [0.15, 0.2) is 9.50 Å². The van der Waals surface area contributed by atoms with Crippen LogP contribution in [0.1, 0.15) is 11.8 Å². The molecule has 0 fully saturated rings. The van der Waals surface area contributed by atoms with Gasteiger partial charge >= 0.3 is 0 Å². The van der Waals surface area contributed by atoms with Crippen molar-refractivity contribution in [3.63, 3.8) is 0 Å². The summed E-state index contributed by atoms with van der Waals surface area (Å²) in [5, 5.41) is 13.4. The van der Waals surface area contributed by atoms with E-state index < -0.39 is 5.03 Å². The number of halogens is 1. The number of hydrogen-bond acceptors (Lipinski definition) is 4. The van der Waals surface area contributed by atoms with Crippen LogP contribution in [-0.4, -0.2) is 45.9 Å². The summed E-state index contributed by atoms with van der Waals surface area (Å²) in [5.41, 5.74) is 0. The van der Waals surface area contributed by atoms with Crippen molar-refractivity contribution in [2.24, 2.45) is 5.10 Å². The van der Waals surface area contributed by atoms with Crippen molar-refractivity contribution in [3.8, 4) is 0 Å². The van der Waals surface area contributed by atoms with Crippen LogP contribution in [0.5, 0.6) is 0 Å². The maximum Gasteiger partial charge on any atom is 0.274 e. The summed E-state index contributed by atoms with van der Waals surface area (Å²) in [7, 11) is 3.45. The number of likely N-dealkylation sites (N-methyl/N-ethyl adjacent to an activating group) is 1. The van der Waals surface area contributed by atoms with E-state index in [1.807, 2.05) is 6.92 Å². The Kier molecular flexibility index (Phi) is 5.90. The molecular formula is C11H16ClN5O2S. The Balaban J connectivity index is 2.93. The monoisotopic (exact) mass is 317 g/mol. The summed E-state index contributed by atoms with van der Waals surface area (Å²) >= 11 is 7.10. The summed E-state index contributed by atoms with van der Waals surface area (Å²) in [5.74, 6) is 0.243. The van der Waals surface area contributed by atoms with E-state index >= 15 is 0 Å². The summed E-state index contributed by atoms with van der Waals surface area (Å²) in [6.45, 7) is 5.99. The molecular weight excluding hydrogens is 302 g/mol. The third-order valence-corrected chi connectivity index (χ3v) is 3.80. The van der Waals surface area contributed by atoms with Gasteiger partial charge in [-0.15, -0.1) is 17.9 Å². The molecule has 1 aromatic rings. The van der Waals surface area contributed by atoms with Crippen LogP contribution < -0.4 is 0 Å². The highest BCUT2D eigenvalue weighted by atomic mass is 35.5. The second kappa shape index (κ2) is 7.20. The van der Waals surface area contributed by atoms with Gasteiger partial charge in [-0.2, -0.15) is 0 Å². The SMILES string of the molecule is C=CC(C)N(C)C(=N[N+](=O)[O-])N(C)Cc1cnc(Cl)s1. The van der Waals surface area contributed by atoms with Crippen molar-refractivity contribution in [1.82, 2.24) is 14.8 Å². The minimum Gasteiger partial charge on any atom is -0.335 e. The van der Waals surface area contributed by atoms with Gasteiger partial charge in [0.1, 0.15) is 5.10 Å². The van der Waals surface area contributed by atoms with Crippen LogP contribution in [0.25, 0.3) is 0 Å². The molecule has 0 bridgehead atoms. The first-order chi connectivity index (χ1) is 9.35. The van der Waals surface area contributed by atoms with Gasteiger partial charge in [0, 0.05) is 31.2 Å². The molecule has 1 aromatic heterocycles. The molecule has 0 amide bonds. The largest absolute Gasteiger partial charge is 0.335 e. The van der Waals surface area contributed by atoms with Gasteiger partial charge in [-0.05, 0) is 6.92 Å². The number of nitrogens with zero attached hydrogens (tertiary/aromatic N) is 5. The highest BCUT2D eigenvalue weighted by Gasteiger charge is 2.20. The van der Waals surface area contributed by atoms with Gasteiger partial charge in [0.05, 0.1) is 6.54 Å². The molecule has 7 nitrogen and oxygen atoms in total. The summed E-state index contributed by atoms with van der Waals surface area (Å²) in [6.07, 6.45) is 3.33. The first kappa shape index (κ1) is 16.4. The Labute approximate surface area is 126 Å². The molecule has 9 heteroatoms. The fourth-order valence-corrected chi connectivity index (χ4v) is 2.52. The molecule has 0 N–H and O–H groups in total. The maximum absolute atomic E-state index is 10.7. The van der Waals surface area contributed by atoms with Crippen LogP contribution >= 0.6 is 22.9 Å². The normalized spacial score (nSPS) is 12.9. The van der Waals surface area contributed by atoms with E-state index in [9.17, 15) is 10.1 Å². The van der Waals surface area contributed by atoms with E-state index in [0.29, 0.717) is 11.0 Å². The van der Waals surface area contributed by atoms with Gasteiger partial charge in [-0.3, -0.25) is 0 Å². The summed E-state index contributed by atoms with van der Waals surface area (Å²) in [6, 6.07) is -0.0822. The van der Waals surface area contributed by atoms with E-state index in [-0.39, 0.29) is 12.0 Å². The fourth-order valence-electron chi connectivity index (χ4n) is 1.49. The van der Waals surface area contributed by atoms with Gasteiger partial charge in [0.25, 0.3) is 5.96 Å². The van der Waals surface area contributed by atoms with E-state index in [1.54, 1.807) is 36.2 Å². The van der Waals surface area contributed by atoms with Gasteiger partial charge in [0.2, 0.25) is 0 Å². The van der Waals surface area contributed by atoms with Crippen LogP contribution in [0.15, 0.2) is 24.0 Å². The molecule has 0 aliphatic carbocycles. The Hall–Kier alpha value is -1.67. The van der Waals surface area contributed by atoms with Crippen molar-refractivity contribution < 1.29 is 5.03 Å². The van der Waals surface area contributed by atoms with E-state index in [0.717, 1.165) is 4.88 Å². The minimum atomic E-state index is -0.711. The Morgan fingerprint density at radius 1 is 1.75 bits per heavy atom. The molecule has 0 saturated heterocycles. The van der Waals surface area contributed by atoms with Crippen LogP contribution in [0.4, 0.5) is 0 Å². The molecule has 0 aromatic carbocycles. The second-order valence-electron chi connectivity index (χ2n) is 4.16. The third kappa shape index (κ3) is 4.46. The summed E-state index contributed by atoms with van der Waals surface area (Å²) in [4.78, 5) is 18.9. The number of guanidine groups is 1. The average Bonchev–Trinajstić information content (AvgIpc) is 2.79. The second-order valence-corrected chi connectivity index (χ2v) is 5.86. The zero-order valence-corrected chi connectivity index (χ0v) is 13.1. The Morgan fingerprint density at radius 2 is 2.40 bits per heavy atom. The topological polar surface area (TPSA) is 74.9 Å². The molecule has 0 aliphatic heterocycles. The first-order valence-electron chi connectivity index (χ1n) is 5.75. The highest BCUT2D eigenvalue weighted by molar-refractivity contribution is 7.15. The van der Waals surface area contributed by atoms with Crippen molar-refractivity contribution in [3.05, 3.63) is 38.3 Å². The lowest BCUT2D eigenvalue weighted by molar-refractivity contribution is -0.486. The minimum absolute atomic E-state index is 0.0822. The van der Waals surface area contributed by atoms with Gasteiger partial charge < -0.3 is 9.80 Å². The van der Waals surface area contributed by atoms with Crippen molar-refractivity contribution in [2.75, 3.05) is 14.1 Å². The average molecular weight is 318 g/mol. The third-order valence-electron chi connectivity index (χ3n) is 2.70. The molecule has 110 valence electrons. The number of nitro groups is 1. The molecule has 0 spiro atoms. The predicted molar refractivity (Wildman–Crippen MR) is 80.4 cm³/mol. The van der Waals surface area contributed by atoms with Crippen LogP contribution in [0.3, 0.4) is 0 Å². The Bertz CT molecular complexity index is 519. The first-order valence-corrected chi connectivity index (χ1v) is 6.94. The quantitative estimate of drug-likeness (QED) is 0.274. The molecule has 20 heavy (non-hydrogen) atoms.